The van der Waals surface area contributed by atoms with Crippen molar-refractivity contribution in [1.29, 1.82) is 0 Å². The second-order valence-electron chi connectivity index (χ2n) is 7.92. The van der Waals surface area contributed by atoms with E-state index in [9.17, 15) is 14.4 Å². The second kappa shape index (κ2) is 8.63. The summed E-state index contributed by atoms with van der Waals surface area (Å²) in [7, 11) is 1.28. The number of nitrogens with zero attached hydrogens (tertiary/aromatic N) is 2. The van der Waals surface area contributed by atoms with Crippen molar-refractivity contribution in [3.63, 3.8) is 0 Å². The molecule has 2 aliphatic rings. The van der Waals surface area contributed by atoms with E-state index in [1.54, 1.807) is 6.92 Å². The Morgan fingerprint density at radius 2 is 1.86 bits per heavy atom. The molecule has 3 rings (SSSR count). The summed E-state index contributed by atoms with van der Waals surface area (Å²) in [4.78, 5) is 40.1. The van der Waals surface area contributed by atoms with Crippen LogP contribution in [0.15, 0.2) is 30.3 Å². The average molecular weight is 387 g/mol. The molecule has 2 aliphatic heterocycles. The average Bonchev–Trinajstić information content (AvgIpc) is 2.71. The van der Waals surface area contributed by atoms with Crippen molar-refractivity contribution in [3.8, 4) is 0 Å². The summed E-state index contributed by atoms with van der Waals surface area (Å²) in [5.41, 5.74) is 1.22. The van der Waals surface area contributed by atoms with Gasteiger partial charge in [-0.3, -0.25) is 9.59 Å². The summed E-state index contributed by atoms with van der Waals surface area (Å²) in [6.45, 7) is 4.37. The largest absolute Gasteiger partial charge is 0.453 e. The highest BCUT2D eigenvalue weighted by atomic mass is 16.5. The lowest BCUT2D eigenvalue weighted by atomic mass is 9.72. The number of hydrogen-bond acceptors (Lipinski definition) is 4. The van der Waals surface area contributed by atoms with Crippen LogP contribution in [0.2, 0.25) is 0 Å². The zero-order valence-corrected chi connectivity index (χ0v) is 16.6. The quantitative estimate of drug-likeness (QED) is 0.859. The third-order valence-corrected chi connectivity index (χ3v) is 5.99. The Morgan fingerprint density at radius 1 is 1.18 bits per heavy atom. The molecule has 28 heavy (non-hydrogen) atoms. The van der Waals surface area contributed by atoms with Crippen molar-refractivity contribution in [2.24, 2.45) is 5.41 Å². The van der Waals surface area contributed by atoms with Gasteiger partial charge in [0.2, 0.25) is 11.8 Å². The minimum atomic E-state index is -0.607. The van der Waals surface area contributed by atoms with Crippen LogP contribution in [-0.4, -0.2) is 60.5 Å². The van der Waals surface area contributed by atoms with E-state index in [2.05, 4.69) is 10.1 Å². The topological polar surface area (TPSA) is 79.0 Å². The molecule has 1 atom stereocenters. The number of rotatable bonds is 4. The molecule has 2 saturated heterocycles. The lowest BCUT2D eigenvalue weighted by Gasteiger charge is -2.47. The number of alkyl carbamates (subject to hydrolysis) is 1. The first-order valence-corrected chi connectivity index (χ1v) is 9.87. The monoisotopic (exact) mass is 387 g/mol. The Hall–Kier alpha value is -2.57. The highest BCUT2D eigenvalue weighted by molar-refractivity contribution is 5.85. The zero-order chi connectivity index (χ0) is 20.1. The molecule has 0 bridgehead atoms. The number of piperidine rings is 2. The van der Waals surface area contributed by atoms with Gasteiger partial charge in [-0.25, -0.2) is 4.79 Å². The SMILES string of the molecule is COC(=O)N[C@H](C)C(=O)N1CCC2(CCC(=O)N(Cc3ccccc3)C2)CC1. The van der Waals surface area contributed by atoms with Gasteiger partial charge in [-0.05, 0) is 37.2 Å². The summed E-state index contributed by atoms with van der Waals surface area (Å²) >= 11 is 0. The fourth-order valence-electron chi connectivity index (χ4n) is 4.23. The number of methoxy groups -OCH3 is 1. The second-order valence-corrected chi connectivity index (χ2v) is 7.92. The van der Waals surface area contributed by atoms with E-state index < -0.39 is 12.1 Å². The van der Waals surface area contributed by atoms with Crippen LogP contribution in [0.4, 0.5) is 4.79 Å². The molecule has 0 unspecified atom stereocenters. The molecular formula is C21H29N3O4. The molecule has 7 nitrogen and oxygen atoms in total. The third kappa shape index (κ3) is 4.64. The van der Waals surface area contributed by atoms with E-state index in [0.29, 0.717) is 26.1 Å². The van der Waals surface area contributed by atoms with Gasteiger partial charge in [0.1, 0.15) is 6.04 Å². The van der Waals surface area contributed by atoms with Crippen LogP contribution in [-0.2, 0) is 20.9 Å². The van der Waals surface area contributed by atoms with Gasteiger partial charge < -0.3 is 19.9 Å². The van der Waals surface area contributed by atoms with Crippen molar-refractivity contribution in [1.82, 2.24) is 15.1 Å². The summed E-state index contributed by atoms with van der Waals surface area (Å²) < 4.78 is 4.56. The Kier molecular flexibility index (Phi) is 6.21. The van der Waals surface area contributed by atoms with Crippen LogP contribution in [0.5, 0.6) is 0 Å². The molecule has 1 aromatic rings. The summed E-state index contributed by atoms with van der Waals surface area (Å²) in [6, 6.07) is 9.45. The molecule has 2 fully saturated rings. The van der Waals surface area contributed by atoms with Gasteiger partial charge in [-0.1, -0.05) is 30.3 Å². The van der Waals surface area contributed by atoms with Gasteiger partial charge in [-0.15, -0.1) is 0 Å². The first-order valence-electron chi connectivity index (χ1n) is 9.87. The fraction of sp³-hybridized carbons (Fsp3) is 0.571. The van der Waals surface area contributed by atoms with Crippen LogP contribution >= 0.6 is 0 Å². The first-order chi connectivity index (χ1) is 13.4. The normalized spacial score (nSPS) is 20.0. The van der Waals surface area contributed by atoms with Crippen molar-refractivity contribution >= 4 is 17.9 Å². The number of amides is 3. The van der Waals surface area contributed by atoms with Crippen molar-refractivity contribution < 1.29 is 19.1 Å². The van der Waals surface area contributed by atoms with Crippen molar-refractivity contribution in [3.05, 3.63) is 35.9 Å². The minimum Gasteiger partial charge on any atom is -0.453 e. The Balaban J connectivity index is 1.57. The maximum absolute atomic E-state index is 12.6. The van der Waals surface area contributed by atoms with E-state index in [1.165, 1.54) is 7.11 Å². The molecule has 2 heterocycles. The van der Waals surface area contributed by atoms with Crippen LogP contribution in [0, 0.1) is 5.41 Å². The molecule has 0 aromatic heterocycles. The van der Waals surface area contributed by atoms with Crippen LogP contribution in [0.25, 0.3) is 0 Å². The molecule has 1 spiro atoms. The van der Waals surface area contributed by atoms with Crippen molar-refractivity contribution in [2.75, 3.05) is 26.7 Å². The number of carbonyl (C=O) groups excluding carboxylic acids is 3. The van der Waals surface area contributed by atoms with Gasteiger partial charge in [0.25, 0.3) is 0 Å². The van der Waals surface area contributed by atoms with E-state index in [0.717, 1.165) is 31.4 Å². The van der Waals surface area contributed by atoms with Crippen LogP contribution < -0.4 is 5.32 Å². The number of nitrogens with one attached hydrogen (secondary N) is 1. The summed E-state index contributed by atoms with van der Waals surface area (Å²) in [5, 5.41) is 2.53. The lowest BCUT2D eigenvalue weighted by molar-refractivity contribution is -0.143. The molecule has 1 N–H and O–H groups in total. The maximum atomic E-state index is 12.6. The van der Waals surface area contributed by atoms with E-state index in [4.69, 9.17) is 0 Å². The summed E-state index contributed by atoms with van der Waals surface area (Å²) in [6.07, 6.45) is 2.61. The fourth-order valence-corrected chi connectivity index (χ4v) is 4.23. The smallest absolute Gasteiger partial charge is 0.407 e. The highest BCUT2D eigenvalue weighted by Crippen LogP contribution is 2.40. The molecular weight excluding hydrogens is 358 g/mol. The number of ether oxygens (including phenoxy) is 1. The molecule has 3 amide bonds. The molecule has 0 aliphatic carbocycles. The molecule has 7 heteroatoms. The predicted octanol–water partition coefficient (Wildman–Crippen LogP) is 2.16. The predicted molar refractivity (Wildman–Crippen MR) is 104 cm³/mol. The highest BCUT2D eigenvalue weighted by Gasteiger charge is 2.42. The Bertz CT molecular complexity index is 714. The van der Waals surface area contributed by atoms with Crippen LogP contribution in [0.1, 0.15) is 38.2 Å². The number of benzene rings is 1. The van der Waals surface area contributed by atoms with Gasteiger partial charge in [0, 0.05) is 32.6 Å². The van der Waals surface area contributed by atoms with Crippen molar-refractivity contribution in [2.45, 2.75) is 45.2 Å². The Labute approximate surface area is 166 Å². The molecule has 1 aromatic carbocycles. The zero-order valence-electron chi connectivity index (χ0n) is 16.6. The lowest BCUT2D eigenvalue weighted by Crippen LogP contribution is -2.54. The molecule has 0 saturated carbocycles. The van der Waals surface area contributed by atoms with E-state index >= 15 is 0 Å². The van der Waals surface area contributed by atoms with E-state index in [1.807, 2.05) is 40.1 Å². The summed E-state index contributed by atoms with van der Waals surface area (Å²) in [5.74, 6) is 0.122. The van der Waals surface area contributed by atoms with Crippen LogP contribution in [0.3, 0.4) is 0 Å². The maximum Gasteiger partial charge on any atom is 0.407 e. The first kappa shape index (κ1) is 20.2. The molecule has 0 radical (unpaired) electrons. The Morgan fingerprint density at radius 3 is 2.50 bits per heavy atom. The minimum absolute atomic E-state index is 0.0818. The van der Waals surface area contributed by atoms with Gasteiger partial charge in [-0.2, -0.15) is 0 Å². The molecule has 152 valence electrons. The third-order valence-electron chi connectivity index (χ3n) is 5.99. The standard InChI is InChI=1S/C21H29N3O4/c1-16(22-20(27)28-2)19(26)23-12-10-21(11-13-23)9-8-18(25)24(15-21)14-17-6-4-3-5-7-17/h3-7,16H,8-15H2,1-2H3,(H,22,27)/t16-/m1/s1. The number of likely N-dealkylation sites (tertiary alicyclic amines) is 2. The van der Waals surface area contributed by atoms with E-state index in [-0.39, 0.29) is 17.2 Å². The van der Waals surface area contributed by atoms with Gasteiger partial charge >= 0.3 is 6.09 Å². The van der Waals surface area contributed by atoms with Gasteiger partial charge in [0.05, 0.1) is 7.11 Å². The number of hydrogen-bond donors (Lipinski definition) is 1. The van der Waals surface area contributed by atoms with Gasteiger partial charge in [0.15, 0.2) is 0 Å². The number of carbonyl (C=O) groups is 3.